The van der Waals surface area contributed by atoms with E-state index in [4.69, 9.17) is 5.73 Å². The van der Waals surface area contributed by atoms with E-state index in [1.165, 1.54) is 0 Å². The highest BCUT2D eigenvalue weighted by molar-refractivity contribution is 5.14. The fraction of sp³-hybridized carbons (Fsp3) is 0.714. The predicted molar refractivity (Wildman–Crippen MR) is 44.0 cm³/mol. The topological polar surface area (TPSA) is 67.6 Å². The van der Waals surface area contributed by atoms with Gasteiger partial charge in [-0.25, -0.2) is 0 Å². The van der Waals surface area contributed by atoms with Crippen molar-refractivity contribution < 1.29 is 0 Å². The lowest BCUT2D eigenvalue weighted by molar-refractivity contribution is 0.512. The molecule has 1 aromatic rings. The zero-order valence-corrected chi connectivity index (χ0v) is 7.13. The van der Waals surface area contributed by atoms with Crippen molar-refractivity contribution in [2.75, 3.05) is 5.73 Å². The molecular weight excluding hydrogens is 140 g/mol. The van der Waals surface area contributed by atoms with Crippen molar-refractivity contribution in [2.45, 2.75) is 26.7 Å². The Morgan fingerprint density at radius 2 is 2.00 bits per heavy atom. The van der Waals surface area contributed by atoms with E-state index in [0.717, 1.165) is 5.82 Å². The van der Waals surface area contributed by atoms with Crippen LogP contribution < -0.4 is 5.73 Å². The number of nitrogen functional groups attached to an aromatic ring is 1. The van der Waals surface area contributed by atoms with Crippen LogP contribution in [0.3, 0.4) is 0 Å². The molecule has 0 aliphatic carbocycles. The third kappa shape index (κ3) is 1.69. The SMILES string of the molecule is CC(C)C(C)c1nc(N)n[nH]1. The predicted octanol–water partition coefficient (Wildman–Crippen LogP) is 1.15. The maximum atomic E-state index is 5.36. The van der Waals surface area contributed by atoms with Gasteiger partial charge in [0.2, 0.25) is 5.95 Å². The summed E-state index contributed by atoms with van der Waals surface area (Å²) in [5.74, 6) is 2.15. The molecule has 0 aliphatic heterocycles. The van der Waals surface area contributed by atoms with Crippen LogP contribution in [0.5, 0.6) is 0 Å². The molecule has 62 valence electrons. The first kappa shape index (κ1) is 8.04. The van der Waals surface area contributed by atoms with Gasteiger partial charge < -0.3 is 5.73 Å². The van der Waals surface area contributed by atoms with Crippen molar-refractivity contribution in [2.24, 2.45) is 5.92 Å². The summed E-state index contributed by atoms with van der Waals surface area (Å²) in [4.78, 5) is 4.04. The summed E-state index contributed by atoms with van der Waals surface area (Å²) >= 11 is 0. The van der Waals surface area contributed by atoms with E-state index >= 15 is 0 Å². The van der Waals surface area contributed by atoms with Crippen LogP contribution in [0.2, 0.25) is 0 Å². The van der Waals surface area contributed by atoms with Crippen LogP contribution in [-0.4, -0.2) is 15.2 Å². The lowest BCUT2D eigenvalue weighted by Gasteiger charge is -2.10. The molecule has 4 nitrogen and oxygen atoms in total. The average Bonchev–Trinajstić information content (AvgIpc) is 2.34. The largest absolute Gasteiger partial charge is 0.367 e. The highest BCUT2D eigenvalue weighted by Crippen LogP contribution is 2.19. The van der Waals surface area contributed by atoms with Crippen LogP contribution in [0, 0.1) is 5.92 Å². The molecule has 0 radical (unpaired) electrons. The number of nitrogens with one attached hydrogen (secondary N) is 1. The zero-order chi connectivity index (χ0) is 8.43. The van der Waals surface area contributed by atoms with E-state index in [9.17, 15) is 0 Å². The number of aromatic amines is 1. The molecular formula is C7H14N4. The lowest BCUT2D eigenvalue weighted by Crippen LogP contribution is -2.04. The summed E-state index contributed by atoms with van der Waals surface area (Å²) < 4.78 is 0. The van der Waals surface area contributed by atoms with E-state index in [2.05, 4.69) is 36.0 Å². The Bertz CT molecular complexity index is 228. The van der Waals surface area contributed by atoms with Crippen LogP contribution >= 0.6 is 0 Å². The smallest absolute Gasteiger partial charge is 0.239 e. The number of hydrogen-bond donors (Lipinski definition) is 2. The van der Waals surface area contributed by atoms with E-state index in [-0.39, 0.29) is 0 Å². The fourth-order valence-electron chi connectivity index (χ4n) is 0.807. The van der Waals surface area contributed by atoms with E-state index in [1.54, 1.807) is 0 Å². The van der Waals surface area contributed by atoms with Crippen LogP contribution in [0.4, 0.5) is 5.95 Å². The molecule has 0 spiro atoms. The van der Waals surface area contributed by atoms with E-state index in [0.29, 0.717) is 17.8 Å². The Hall–Kier alpha value is -1.06. The Balaban J connectivity index is 2.76. The lowest BCUT2D eigenvalue weighted by atomic mass is 9.98. The molecule has 0 aliphatic rings. The molecule has 0 bridgehead atoms. The first-order chi connectivity index (χ1) is 5.11. The second-order valence-electron chi connectivity index (χ2n) is 3.11. The molecule has 1 aromatic heterocycles. The van der Waals surface area contributed by atoms with Gasteiger partial charge in [0.25, 0.3) is 0 Å². The number of hydrogen-bond acceptors (Lipinski definition) is 3. The van der Waals surface area contributed by atoms with Gasteiger partial charge in [0.1, 0.15) is 5.82 Å². The van der Waals surface area contributed by atoms with Gasteiger partial charge in [-0.15, -0.1) is 5.10 Å². The van der Waals surface area contributed by atoms with Crippen molar-refractivity contribution in [3.05, 3.63) is 5.82 Å². The molecule has 0 saturated carbocycles. The van der Waals surface area contributed by atoms with Gasteiger partial charge in [-0.3, -0.25) is 5.10 Å². The normalized spacial score (nSPS) is 13.8. The molecule has 1 heterocycles. The second kappa shape index (κ2) is 2.90. The van der Waals surface area contributed by atoms with Crippen molar-refractivity contribution >= 4 is 5.95 Å². The zero-order valence-electron chi connectivity index (χ0n) is 7.13. The first-order valence-electron chi connectivity index (χ1n) is 3.79. The number of nitrogens with zero attached hydrogens (tertiary/aromatic N) is 2. The average molecular weight is 154 g/mol. The minimum atomic E-state index is 0.326. The monoisotopic (exact) mass is 154 g/mol. The number of nitrogens with two attached hydrogens (primary N) is 1. The highest BCUT2D eigenvalue weighted by atomic mass is 15.3. The van der Waals surface area contributed by atoms with Gasteiger partial charge in [0, 0.05) is 5.92 Å². The maximum absolute atomic E-state index is 5.36. The van der Waals surface area contributed by atoms with Gasteiger partial charge in [-0.05, 0) is 5.92 Å². The number of rotatable bonds is 2. The Morgan fingerprint density at radius 1 is 1.36 bits per heavy atom. The summed E-state index contributed by atoms with van der Waals surface area (Å²) in [7, 11) is 0. The Kier molecular flexibility index (Phi) is 2.12. The van der Waals surface area contributed by atoms with Crippen LogP contribution in [0.15, 0.2) is 0 Å². The molecule has 4 heteroatoms. The standard InChI is InChI=1S/C7H14N4/c1-4(2)5(3)6-9-7(8)11-10-6/h4-5H,1-3H3,(H3,8,9,10,11). The van der Waals surface area contributed by atoms with Crippen molar-refractivity contribution in [1.82, 2.24) is 15.2 Å². The van der Waals surface area contributed by atoms with E-state index < -0.39 is 0 Å². The molecule has 0 saturated heterocycles. The van der Waals surface area contributed by atoms with Crippen molar-refractivity contribution in [3.8, 4) is 0 Å². The molecule has 0 amide bonds. The number of aromatic nitrogens is 3. The minimum absolute atomic E-state index is 0.326. The minimum Gasteiger partial charge on any atom is -0.367 e. The molecule has 0 fully saturated rings. The van der Waals surface area contributed by atoms with Crippen molar-refractivity contribution in [1.29, 1.82) is 0 Å². The number of anilines is 1. The fourth-order valence-corrected chi connectivity index (χ4v) is 0.807. The summed E-state index contributed by atoms with van der Waals surface area (Å²) in [6.45, 7) is 6.39. The quantitative estimate of drug-likeness (QED) is 0.671. The maximum Gasteiger partial charge on any atom is 0.239 e. The van der Waals surface area contributed by atoms with Gasteiger partial charge in [-0.1, -0.05) is 20.8 Å². The van der Waals surface area contributed by atoms with Crippen LogP contribution in [0.25, 0.3) is 0 Å². The second-order valence-corrected chi connectivity index (χ2v) is 3.11. The molecule has 0 aromatic carbocycles. The van der Waals surface area contributed by atoms with Gasteiger partial charge >= 0.3 is 0 Å². The summed E-state index contributed by atoms with van der Waals surface area (Å²) in [5, 5.41) is 6.56. The first-order valence-corrected chi connectivity index (χ1v) is 3.79. The number of H-pyrrole nitrogens is 1. The third-order valence-electron chi connectivity index (χ3n) is 1.95. The molecule has 3 N–H and O–H groups in total. The third-order valence-corrected chi connectivity index (χ3v) is 1.95. The van der Waals surface area contributed by atoms with Crippen molar-refractivity contribution in [3.63, 3.8) is 0 Å². The van der Waals surface area contributed by atoms with Crippen LogP contribution in [0.1, 0.15) is 32.5 Å². The highest BCUT2D eigenvalue weighted by Gasteiger charge is 2.13. The molecule has 1 atom stereocenters. The summed E-state index contributed by atoms with van der Waals surface area (Å²) in [6.07, 6.45) is 0. The van der Waals surface area contributed by atoms with Gasteiger partial charge in [0.05, 0.1) is 0 Å². The van der Waals surface area contributed by atoms with Gasteiger partial charge in [-0.2, -0.15) is 4.98 Å². The molecule has 1 rings (SSSR count). The molecule has 1 unspecified atom stereocenters. The Morgan fingerprint density at radius 3 is 2.36 bits per heavy atom. The van der Waals surface area contributed by atoms with Gasteiger partial charge in [0.15, 0.2) is 0 Å². The van der Waals surface area contributed by atoms with Crippen LogP contribution in [-0.2, 0) is 0 Å². The summed E-state index contributed by atoms with van der Waals surface area (Å²) in [5.41, 5.74) is 5.36. The van der Waals surface area contributed by atoms with E-state index in [1.807, 2.05) is 0 Å². The Labute approximate surface area is 66.2 Å². The molecule has 11 heavy (non-hydrogen) atoms. The summed E-state index contributed by atoms with van der Waals surface area (Å²) in [6, 6.07) is 0.